The Bertz CT molecular complexity index is 705. The minimum atomic E-state index is 0.220. The molecular weight excluding hydrogens is 296 g/mol. The molecule has 0 radical (unpaired) electrons. The molecule has 2 aromatic rings. The average molecular weight is 320 g/mol. The van der Waals surface area contributed by atoms with Crippen LogP contribution in [0.15, 0.2) is 54.6 Å². The molecule has 0 atom stereocenters. The van der Waals surface area contributed by atoms with Crippen LogP contribution in [0.4, 0.5) is 0 Å². The van der Waals surface area contributed by atoms with Gasteiger partial charge in [0.05, 0.1) is 0 Å². The molecule has 3 heteroatoms. The summed E-state index contributed by atoms with van der Waals surface area (Å²) < 4.78 is 0. The van der Waals surface area contributed by atoms with Crippen LogP contribution in [0.2, 0.25) is 0 Å². The number of fused-ring (bicyclic) bond motifs is 1. The van der Waals surface area contributed by atoms with Crippen molar-refractivity contribution >= 4 is 5.91 Å². The van der Waals surface area contributed by atoms with E-state index in [-0.39, 0.29) is 5.91 Å². The first-order valence-corrected chi connectivity index (χ1v) is 8.93. The number of piperidine rings is 1. The van der Waals surface area contributed by atoms with E-state index in [0.29, 0.717) is 5.92 Å². The monoisotopic (exact) mass is 320 g/mol. The highest BCUT2D eigenvalue weighted by Crippen LogP contribution is 2.26. The van der Waals surface area contributed by atoms with Gasteiger partial charge in [0, 0.05) is 25.2 Å². The minimum absolute atomic E-state index is 0.220. The molecule has 0 N–H and O–H groups in total. The first-order chi connectivity index (χ1) is 11.8. The number of hydrogen-bond acceptors (Lipinski definition) is 2. The topological polar surface area (TPSA) is 23.6 Å². The summed E-state index contributed by atoms with van der Waals surface area (Å²) in [5.41, 5.74) is 3.48. The molecule has 3 nitrogen and oxygen atoms in total. The Morgan fingerprint density at radius 1 is 0.917 bits per heavy atom. The Labute approximate surface area is 143 Å². The lowest BCUT2D eigenvalue weighted by Gasteiger charge is -2.33. The Balaban J connectivity index is 1.29. The van der Waals surface area contributed by atoms with E-state index in [9.17, 15) is 4.79 Å². The van der Waals surface area contributed by atoms with Crippen molar-refractivity contribution in [1.82, 2.24) is 9.80 Å². The molecule has 1 amide bonds. The van der Waals surface area contributed by atoms with Gasteiger partial charge in [0.15, 0.2) is 0 Å². The van der Waals surface area contributed by atoms with Crippen LogP contribution in [-0.2, 0) is 13.1 Å². The van der Waals surface area contributed by atoms with E-state index in [1.807, 2.05) is 23.1 Å². The summed E-state index contributed by atoms with van der Waals surface area (Å²) in [6, 6.07) is 18.7. The van der Waals surface area contributed by atoms with E-state index < -0.39 is 0 Å². The van der Waals surface area contributed by atoms with Gasteiger partial charge in [-0.2, -0.15) is 0 Å². The lowest BCUT2D eigenvalue weighted by atomic mass is 9.96. The third kappa shape index (κ3) is 3.22. The number of nitrogens with zero attached hydrogens (tertiary/aromatic N) is 2. The van der Waals surface area contributed by atoms with Crippen LogP contribution in [0.5, 0.6) is 0 Å². The Morgan fingerprint density at radius 3 is 2.38 bits per heavy atom. The van der Waals surface area contributed by atoms with Gasteiger partial charge >= 0.3 is 0 Å². The molecule has 0 unspecified atom stereocenters. The molecule has 124 valence electrons. The van der Waals surface area contributed by atoms with Gasteiger partial charge in [-0.1, -0.05) is 48.5 Å². The summed E-state index contributed by atoms with van der Waals surface area (Å²) >= 11 is 0. The maximum atomic E-state index is 12.5. The molecule has 0 saturated carbocycles. The predicted molar refractivity (Wildman–Crippen MR) is 95.6 cm³/mol. The normalized spacial score (nSPS) is 18.8. The number of benzene rings is 2. The number of carbonyl (C=O) groups excluding carboxylic acids is 1. The van der Waals surface area contributed by atoms with Crippen LogP contribution < -0.4 is 0 Å². The number of carbonyl (C=O) groups is 1. The molecule has 0 spiro atoms. The van der Waals surface area contributed by atoms with Crippen molar-refractivity contribution in [1.29, 1.82) is 0 Å². The molecular formula is C21H24N2O. The highest BCUT2D eigenvalue weighted by molar-refractivity contribution is 5.98. The molecule has 2 heterocycles. The predicted octanol–water partition coefficient (Wildman–Crippen LogP) is 3.55. The van der Waals surface area contributed by atoms with Crippen molar-refractivity contribution in [3.63, 3.8) is 0 Å². The average Bonchev–Trinajstić information content (AvgIpc) is 2.94. The summed E-state index contributed by atoms with van der Waals surface area (Å²) in [5, 5.41) is 0. The van der Waals surface area contributed by atoms with Gasteiger partial charge in [0.25, 0.3) is 5.91 Å². The molecule has 0 bridgehead atoms. The smallest absolute Gasteiger partial charge is 0.254 e. The molecule has 1 fully saturated rings. The number of amides is 1. The van der Waals surface area contributed by atoms with Gasteiger partial charge < -0.3 is 4.90 Å². The van der Waals surface area contributed by atoms with Gasteiger partial charge in [0.2, 0.25) is 0 Å². The molecule has 1 saturated heterocycles. The van der Waals surface area contributed by atoms with Crippen LogP contribution in [0.3, 0.4) is 0 Å². The lowest BCUT2D eigenvalue weighted by Crippen LogP contribution is -2.38. The molecule has 24 heavy (non-hydrogen) atoms. The van der Waals surface area contributed by atoms with E-state index in [4.69, 9.17) is 0 Å². The van der Waals surface area contributed by atoms with Gasteiger partial charge in [-0.15, -0.1) is 0 Å². The number of rotatable bonds is 4. The third-order valence-corrected chi connectivity index (χ3v) is 5.33. The highest BCUT2D eigenvalue weighted by Gasteiger charge is 2.29. The van der Waals surface area contributed by atoms with Gasteiger partial charge in [0.1, 0.15) is 0 Å². The fourth-order valence-electron chi connectivity index (χ4n) is 3.94. The molecule has 2 aromatic carbocycles. The van der Waals surface area contributed by atoms with Crippen molar-refractivity contribution in [2.75, 3.05) is 19.6 Å². The van der Waals surface area contributed by atoms with Gasteiger partial charge in [-0.3, -0.25) is 9.69 Å². The largest absolute Gasteiger partial charge is 0.334 e. The second-order valence-corrected chi connectivity index (χ2v) is 7.05. The van der Waals surface area contributed by atoms with Crippen LogP contribution >= 0.6 is 0 Å². The maximum absolute atomic E-state index is 12.5. The first-order valence-electron chi connectivity index (χ1n) is 8.93. The first kappa shape index (κ1) is 15.4. The summed E-state index contributed by atoms with van der Waals surface area (Å²) in [4.78, 5) is 17.1. The summed E-state index contributed by atoms with van der Waals surface area (Å²) in [6.07, 6.45) is 2.37. The van der Waals surface area contributed by atoms with Crippen molar-refractivity contribution in [3.05, 3.63) is 71.3 Å². The van der Waals surface area contributed by atoms with Crippen LogP contribution in [0.1, 0.15) is 34.3 Å². The fourth-order valence-corrected chi connectivity index (χ4v) is 3.94. The Morgan fingerprint density at radius 2 is 1.62 bits per heavy atom. The molecule has 2 aliphatic heterocycles. The Kier molecular flexibility index (Phi) is 4.35. The van der Waals surface area contributed by atoms with E-state index in [0.717, 1.165) is 38.3 Å². The van der Waals surface area contributed by atoms with E-state index in [1.54, 1.807) is 0 Å². The third-order valence-electron chi connectivity index (χ3n) is 5.33. The van der Waals surface area contributed by atoms with E-state index in [2.05, 4.69) is 41.3 Å². The van der Waals surface area contributed by atoms with Gasteiger partial charge in [-0.25, -0.2) is 0 Å². The molecule has 0 aromatic heterocycles. The zero-order chi connectivity index (χ0) is 16.4. The van der Waals surface area contributed by atoms with Crippen LogP contribution in [0, 0.1) is 5.92 Å². The van der Waals surface area contributed by atoms with Crippen LogP contribution in [0.25, 0.3) is 0 Å². The SMILES string of the molecule is O=C1c2ccccc2CN1CC1CCN(Cc2ccccc2)CC1. The quantitative estimate of drug-likeness (QED) is 0.860. The Hall–Kier alpha value is -2.13. The fraction of sp³-hybridized carbons (Fsp3) is 0.381. The zero-order valence-electron chi connectivity index (χ0n) is 14.0. The van der Waals surface area contributed by atoms with Crippen molar-refractivity contribution in [2.24, 2.45) is 5.92 Å². The summed E-state index contributed by atoms with van der Waals surface area (Å²) in [5.74, 6) is 0.854. The molecule has 2 aliphatic rings. The van der Waals surface area contributed by atoms with Crippen LogP contribution in [-0.4, -0.2) is 35.3 Å². The van der Waals surface area contributed by atoms with Crippen molar-refractivity contribution in [2.45, 2.75) is 25.9 Å². The standard InChI is InChI=1S/C21H24N2O/c24-21-20-9-5-4-8-19(20)16-23(21)15-18-10-12-22(13-11-18)14-17-6-2-1-3-7-17/h1-9,18H,10-16H2. The highest BCUT2D eigenvalue weighted by atomic mass is 16.2. The van der Waals surface area contributed by atoms with Gasteiger partial charge in [-0.05, 0) is 49.0 Å². The summed E-state index contributed by atoms with van der Waals surface area (Å²) in [6.45, 7) is 5.01. The minimum Gasteiger partial charge on any atom is -0.334 e. The number of likely N-dealkylation sites (tertiary alicyclic amines) is 1. The van der Waals surface area contributed by atoms with Crippen molar-refractivity contribution in [3.8, 4) is 0 Å². The van der Waals surface area contributed by atoms with E-state index in [1.165, 1.54) is 24.0 Å². The molecule has 0 aliphatic carbocycles. The zero-order valence-corrected chi connectivity index (χ0v) is 14.0. The lowest BCUT2D eigenvalue weighted by molar-refractivity contribution is 0.0711. The molecule has 4 rings (SSSR count). The number of hydrogen-bond donors (Lipinski definition) is 0. The second kappa shape index (κ2) is 6.78. The second-order valence-electron chi connectivity index (χ2n) is 7.05. The van der Waals surface area contributed by atoms with Crippen molar-refractivity contribution < 1.29 is 4.79 Å². The maximum Gasteiger partial charge on any atom is 0.254 e. The van der Waals surface area contributed by atoms with E-state index >= 15 is 0 Å². The summed E-state index contributed by atoms with van der Waals surface area (Å²) in [7, 11) is 0.